The van der Waals surface area contributed by atoms with Crippen LogP contribution in [0, 0.1) is 0 Å². The predicted octanol–water partition coefficient (Wildman–Crippen LogP) is 1.10. The summed E-state index contributed by atoms with van der Waals surface area (Å²) in [5.74, 6) is 0.293. The largest absolute Gasteiger partial charge is 0.417 e. The van der Waals surface area contributed by atoms with Crippen LogP contribution in [0.3, 0.4) is 0 Å². The summed E-state index contributed by atoms with van der Waals surface area (Å²) in [4.78, 5) is 11.7. The van der Waals surface area contributed by atoms with Crippen molar-refractivity contribution in [1.82, 2.24) is 15.5 Å². The van der Waals surface area contributed by atoms with Gasteiger partial charge < -0.3 is 14.5 Å². The van der Waals surface area contributed by atoms with Gasteiger partial charge in [0.15, 0.2) is 0 Å². The average Bonchev–Trinajstić information content (AvgIpc) is 2.96. The number of nitrogens with one attached hydrogen (secondary N) is 1. The zero-order chi connectivity index (χ0) is 12.3. The highest BCUT2D eigenvalue weighted by Crippen LogP contribution is 2.13. The van der Waals surface area contributed by atoms with Gasteiger partial charge in [0.25, 0.3) is 0 Å². The van der Waals surface area contributed by atoms with Crippen molar-refractivity contribution in [3.05, 3.63) is 11.8 Å². The second kappa shape index (κ2) is 5.27. The van der Waals surface area contributed by atoms with Crippen LogP contribution in [0.4, 0.5) is 0 Å². The number of hydrogen-bond donors (Lipinski definition) is 1. The zero-order valence-electron chi connectivity index (χ0n) is 10.1. The number of rotatable bonds is 4. The molecule has 1 N–H and O–H groups in total. The molecule has 1 unspecified atom stereocenters. The Bertz CT molecular complexity index is 383. The third-order valence-corrected chi connectivity index (χ3v) is 2.64. The third-order valence-electron chi connectivity index (χ3n) is 2.64. The molecule has 6 heteroatoms. The summed E-state index contributed by atoms with van der Waals surface area (Å²) in [7, 11) is 0. The van der Waals surface area contributed by atoms with Crippen LogP contribution in [-0.4, -0.2) is 35.4 Å². The Morgan fingerprint density at radius 1 is 1.53 bits per heavy atom. The molecule has 1 aromatic heterocycles. The molecule has 2 heterocycles. The molecule has 0 aromatic carbocycles. The van der Waals surface area contributed by atoms with Crippen LogP contribution in [0.5, 0.6) is 0 Å². The fraction of sp³-hybridized carbons (Fsp3) is 0.727. The van der Waals surface area contributed by atoms with E-state index in [2.05, 4.69) is 15.5 Å². The molecule has 0 saturated carbocycles. The summed E-state index contributed by atoms with van der Waals surface area (Å²) in [6.07, 6.45) is 2.16. The quantitative estimate of drug-likeness (QED) is 0.851. The molecule has 0 spiro atoms. The topological polar surface area (TPSA) is 77.2 Å². The van der Waals surface area contributed by atoms with Gasteiger partial charge in [-0.25, -0.2) is 0 Å². The lowest BCUT2D eigenvalue weighted by molar-refractivity contribution is 0.0827. The van der Waals surface area contributed by atoms with Crippen LogP contribution in [-0.2, 0) is 4.74 Å². The number of nitrogens with zero attached hydrogens (tertiary/aromatic N) is 2. The number of carbonyl (C=O) groups is 1. The summed E-state index contributed by atoms with van der Waals surface area (Å²) in [5.41, 5.74) is 0. The van der Waals surface area contributed by atoms with Gasteiger partial charge in [0.1, 0.15) is 0 Å². The summed E-state index contributed by atoms with van der Waals surface area (Å²) < 4.78 is 10.6. The van der Waals surface area contributed by atoms with Crippen molar-refractivity contribution >= 4 is 5.91 Å². The average molecular weight is 239 g/mol. The van der Waals surface area contributed by atoms with Gasteiger partial charge in [-0.3, -0.25) is 4.79 Å². The first-order valence-corrected chi connectivity index (χ1v) is 5.90. The normalized spacial score (nSPS) is 19.8. The Labute approximate surface area is 99.7 Å². The lowest BCUT2D eigenvalue weighted by atomic mass is 10.2. The van der Waals surface area contributed by atoms with Gasteiger partial charge in [-0.1, -0.05) is 13.8 Å². The van der Waals surface area contributed by atoms with Gasteiger partial charge in [0.05, 0.1) is 6.10 Å². The number of hydrogen-bond acceptors (Lipinski definition) is 5. The number of aromatic nitrogens is 2. The van der Waals surface area contributed by atoms with E-state index >= 15 is 0 Å². The van der Waals surface area contributed by atoms with Gasteiger partial charge in [-0.15, -0.1) is 10.2 Å². The van der Waals surface area contributed by atoms with Gasteiger partial charge in [0.2, 0.25) is 5.89 Å². The Kier molecular flexibility index (Phi) is 3.73. The van der Waals surface area contributed by atoms with Crippen molar-refractivity contribution in [1.29, 1.82) is 0 Å². The lowest BCUT2D eigenvalue weighted by Crippen LogP contribution is -2.31. The minimum Gasteiger partial charge on any atom is -0.417 e. The number of carbonyl (C=O) groups excluding carboxylic acids is 1. The lowest BCUT2D eigenvalue weighted by Gasteiger charge is -2.08. The molecular formula is C11H17N3O3. The molecule has 1 saturated heterocycles. The van der Waals surface area contributed by atoms with Gasteiger partial charge in [-0.05, 0) is 12.8 Å². The standard InChI is InChI=1S/C11H17N3O3/c1-7(2)10-13-14-11(17-10)9(15)12-6-8-4-3-5-16-8/h7-8H,3-6H2,1-2H3,(H,12,15). The fourth-order valence-electron chi connectivity index (χ4n) is 1.65. The fourth-order valence-corrected chi connectivity index (χ4v) is 1.65. The molecule has 1 aliphatic rings. The summed E-state index contributed by atoms with van der Waals surface area (Å²) >= 11 is 0. The maximum Gasteiger partial charge on any atom is 0.308 e. The van der Waals surface area contributed by atoms with Crippen LogP contribution < -0.4 is 5.32 Å². The molecule has 1 fully saturated rings. The van der Waals surface area contributed by atoms with Crippen molar-refractivity contribution in [2.75, 3.05) is 13.2 Å². The molecule has 1 aliphatic heterocycles. The summed E-state index contributed by atoms with van der Waals surface area (Å²) in [6.45, 7) is 5.14. The molecule has 94 valence electrons. The highest BCUT2D eigenvalue weighted by atomic mass is 16.5. The number of ether oxygens (including phenoxy) is 1. The maximum absolute atomic E-state index is 11.7. The van der Waals surface area contributed by atoms with Crippen LogP contribution in [0.25, 0.3) is 0 Å². The molecule has 1 aromatic rings. The van der Waals surface area contributed by atoms with Crippen LogP contribution in [0.2, 0.25) is 0 Å². The van der Waals surface area contributed by atoms with E-state index in [1.165, 1.54) is 0 Å². The first kappa shape index (κ1) is 12.0. The minimum atomic E-state index is -0.333. The van der Waals surface area contributed by atoms with E-state index in [9.17, 15) is 4.79 Å². The van der Waals surface area contributed by atoms with Crippen molar-refractivity contribution < 1.29 is 13.9 Å². The van der Waals surface area contributed by atoms with Crippen LogP contribution >= 0.6 is 0 Å². The Morgan fingerprint density at radius 3 is 2.94 bits per heavy atom. The molecule has 2 rings (SSSR count). The molecular weight excluding hydrogens is 222 g/mol. The molecule has 0 aliphatic carbocycles. The van der Waals surface area contributed by atoms with Crippen molar-refractivity contribution in [3.8, 4) is 0 Å². The highest BCUT2D eigenvalue weighted by molar-refractivity contribution is 5.89. The minimum absolute atomic E-state index is 0.0201. The smallest absolute Gasteiger partial charge is 0.308 e. The van der Waals surface area contributed by atoms with Gasteiger partial charge >= 0.3 is 11.8 Å². The Morgan fingerprint density at radius 2 is 2.35 bits per heavy atom. The van der Waals surface area contributed by atoms with Crippen molar-refractivity contribution in [3.63, 3.8) is 0 Å². The maximum atomic E-state index is 11.7. The molecule has 1 atom stereocenters. The van der Waals surface area contributed by atoms with Crippen molar-refractivity contribution in [2.45, 2.75) is 38.7 Å². The van der Waals surface area contributed by atoms with Crippen LogP contribution in [0.1, 0.15) is 49.2 Å². The summed E-state index contributed by atoms with van der Waals surface area (Å²) in [5, 5.41) is 10.3. The van der Waals surface area contributed by atoms with E-state index in [-0.39, 0.29) is 23.8 Å². The van der Waals surface area contributed by atoms with Gasteiger partial charge in [0, 0.05) is 19.1 Å². The van der Waals surface area contributed by atoms with E-state index in [0.29, 0.717) is 12.4 Å². The summed E-state index contributed by atoms with van der Waals surface area (Å²) in [6, 6.07) is 0. The Hall–Kier alpha value is -1.43. The molecule has 0 radical (unpaired) electrons. The third kappa shape index (κ3) is 3.03. The molecule has 17 heavy (non-hydrogen) atoms. The van der Waals surface area contributed by atoms with Gasteiger partial charge in [-0.2, -0.15) is 0 Å². The first-order chi connectivity index (χ1) is 8.16. The second-order valence-electron chi connectivity index (χ2n) is 4.45. The predicted molar refractivity (Wildman–Crippen MR) is 59.7 cm³/mol. The van der Waals surface area contributed by atoms with Crippen LogP contribution in [0.15, 0.2) is 4.42 Å². The molecule has 6 nitrogen and oxygen atoms in total. The SMILES string of the molecule is CC(C)c1nnc(C(=O)NCC2CCCO2)o1. The van der Waals surface area contributed by atoms with E-state index in [1.54, 1.807) is 0 Å². The van der Waals surface area contributed by atoms with E-state index in [1.807, 2.05) is 13.8 Å². The number of amides is 1. The molecule has 1 amide bonds. The van der Waals surface area contributed by atoms with Crippen molar-refractivity contribution in [2.24, 2.45) is 0 Å². The monoisotopic (exact) mass is 239 g/mol. The first-order valence-electron chi connectivity index (χ1n) is 5.90. The van der Waals surface area contributed by atoms with E-state index < -0.39 is 0 Å². The highest BCUT2D eigenvalue weighted by Gasteiger charge is 2.20. The second-order valence-corrected chi connectivity index (χ2v) is 4.45. The Balaban J connectivity index is 1.85. The zero-order valence-corrected chi connectivity index (χ0v) is 10.1. The van der Waals surface area contributed by atoms with E-state index in [0.717, 1.165) is 19.4 Å². The van der Waals surface area contributed by atoms with E-state index in [4.69, 9.17) is 9.15 Å². The molecule has 0 bridgehead atoms.